The van der Waals surface area contributed by atoms with Gasteiger partial charge < -0.3 is 15.6 Å². The Bertz CT molecular complexity index is 1190. The van der Waals surface area contributed by atoms with Crippen LogP contribution in [0.15, 0.2) is 6.07 Å². The standard InChI is InChI=1S/C23H27N5O2S/c1-13-12-15(19-21(25-13)28-11-7-3-6-10-17(28)26-19)22(30)27-23-18(20(24)29)14-8-4-2-5-9-16(14)31-23/h12H,2-11H2,1H3,(H2,24,29)(H,27,30). The van der Waals surface area contributed by atoms with Crippen LogP contribution in [-0.4, -0.2) is 26.3 Å². The van der Waals surface area contributed by atoms with Crippen LogP contribution in [0.2, 0.25) is 0 Å². The minimum Gasteiger partial charge on any atom is -0.365 e. The summed E-state index contributed by atoms with van der Waals surface area (Å²) in [5.41, 5.74) is 9.94. The molecule has 0 saturated heterocycles. The van der Waals surface area contributed by atoms with Gasteiger partial charge in [0.15, 0.2) is 5.65 Å². The lowest BCUT2D eigenvalue weighted by Gasteiger charge is -2.08. The van der Waals surface area contributed by atoms with Gasteiger partial charge in [-0.25, -0.2) is 9.97 Å². The molecule has 0 spiro atoms. The Balaban J connectivity index is 1.55. The summed E-state index contributed by atoms with van der Waals surface area (Å²) in [7, 11) is 0. The molecule has 0 saturated carbocycles. The van der Waals surface area contributed by atoms with Crippen molar-refractivity contribution in [2.24, 2.45) is 5.73 Å². The molecular weight excluding hydrogens is 410 g/mol. The fourth-order valence-corrected chi connectivity index (χ4v) is 6.14. The van der Waals surface area contributed by atoms with E-state index in [1.807, 2.05) is 6.92 Å². The van der Waals surface area contributed by atoms with Gasteiger partial charge in [0.2, 0.25) is 0 Å². The number of nitrogens with one attached hydrogen (secondary N) is 1. The molecule has 0 bridgehead atoms. The monoisotopic (exact) mass is 437 g/mol. The largest absolute Gasteiger partial charge is 0.365 e. The number of rotatable bonds is 3. The number of nitrogens with two attached hydrogens (primary N) is 1. The van der Waals surface area contributed by atoms with E-state index in [9.17, 15) is 9.59 Å². The van der Waals surface area contributed by atoms with Gasteiger partial charge in [-0.05, 0) is 57.1 Å². The summed E-state index contributed by atoms with van der Waals surface area (Å²) in [5, 5.41) is 3.56. The van der Waals surface area contributed by atoms with Crippen LogP contribution in [0.25, 0.3) is 11.2 Å². The van der Waals surface area contributed by atoms with Gasteiger partial charge in [0.25, 0.3) is 11.8 Å². The second-order valence-corrected chi connectivity index (χ2v) is 9.67. The highest BCUT2D eigenvalue weighted by Crippen LogP contribution is 2.37. The quantitative estimate of drug-likeness (QED) is 0.601. The van der Waals surface area contributed by atoms with Crippen LogP contribution in [0.1, 0.15) is 81.2 Å². The molecule has 0 atom stereocenters. The van der Waals surface area contributed by atoms with Gasteiger partial charge in [-0.2, -0.15) is 0 Å². The lowest BCUT2D eigenvalue weighted by molar-refractivity contribution is 0.100. The van der Waals surface area contributed by atoms with E-state index in [1.54, 1.807) is 6.07 Å². The first kappa shape index (κ1) is 20.2. The third-order valence-electron chi connectivity index (χ3n) is 6.33. The van der Waals surface area contributed by atoms with Crippen LogP contribution in [0.3, 0.4) is 0 Å². The Morgan fingerprint density at radius 2 is 1.84 bits per heavy atom. The molecule has 1 aliphatic heterocycles. The van der Waals surface area contributed by atoms with Gasteiger partial charge in [0, 0.05) is 23.5 Å². The normalized spacial score (nSPS) is 16.3. The number of thiophene rings is 1. The van der Waals surface area contributed by atoms with Gasteiger partial charge >= 0.3 is 0 Å². The van der Waals surface area contributed by atoms with E-state index in [4.69, 9.17) is 15.7 Å². The van der Waals surface area contributed by atoms with E-state index in [0.29, 0.717) is 21.6 Å². The minimum atomic E-state index is -0.473. The molecule has 0 radical (unpaired) electrons. The maximum absolute atomic E-state index is 13.4. The predicted octanol–water partition coefficient (Wildman–Crippen LogP) is 4.15. The van der Waals surface area contributed by atoms with Crippen molar-refractivity contribution < 1.29 is 9.59 Å². The Kier molecular flexibility index (Phi) is 5.25. The van der Waals surface area contributed by atoms with Crippen molar-refractivity contribution in [3.63, 3.8) is 0 Å². The van der Waals surface area contributed by atoms with Gasteiger partial charge in [-0.3, -0.25) is 9.59 Å². The Morgan fingerprint density at radius 1 is 1.06 bits per heavy atom. The van der Waals surface area contributed by atoms with E-state index in [1.165, 1.54) is 22.6 Å². The van der Waals surface area contributed by atoms with Crippen LogP contribution in [-0.2, 0) is 25.8 Å². The number of anilines is 1. The first-order chi connectivity index (χ1) is 15.0. The molecule has 1 aliphatic carbocycles. The number of aryl methyl sites for hydroxylation is 4. The second-order valence-electron chi connectivity index (χ2n) is 8.56. The molecule has 0 aromatic carbocycles. The summed E-state index contributed by atoms with van der Waals surface area (Å²) in [6.07, 6.45) is 9.36. The number of imidazole rings is 1. The van der Waals surface area contributed by atoms with Crippen molar-refractivity contribution in [3.8, 4) is 0 Å². The molecule has 4 heterocycles. The summed E-state index contributed by atoms with van der Waals surface area (Å²) in [6, 6.07) is 1.78. The number of fused-ring (bicyclic) bond motifs is 4. The highest BCUT2D eigenvalue weighted by Gasteiger charge is 2.26. The molecule has 3 N–H and O–H groups in total. The molecule has 3 aromatic heterocycles. The van der Waals surface area contributed by atoms with Crippen LogP contribution in [0.5, 0.6) is 0 Å². The van der Waals surface area contributed by atoms with E-state index in [0.717, 1.165) is 80.6 Å². The maximum Gasteiger partial charge on any atom is 0.258 e. The first-order valence-electron chi connectivity index (χ1n) is 11.2. The van der Waals surface area contributed by atoms with E-state index < -0.39 is 5.91 Å². The van der Waals surface area contributed by atoms with Crippen molar-refractivity contribution >= 4 is 39.3 Å². The second kappa shape index (κ2) is 8.07. The van der Waals surface area contributed by atoms with Crippen molar-refractivity contribution in [3.05, 3.63) is 39.2 Å². The summed E-state index contributed by atoms with van der Waals surface area (Å²) < 4.78 is 2.16. The highest BCUT2D eigenvalue weighted by molar-refractivity contribution is 7.17. The number of pyridine rings is 1. The zero-order chi connectivity index (χ0) is 21.5. The molecule has 2 amide bonds. The zero-order valence-electron chi connectivity index (χ0n) is 17.8. The third kappa shape index (κ3) is 3.63. The average molecular weight is 438 g/mol. The zero-order valence-corrected chi connectivity index (χ0v) is 18.6. The molecule has 162 valence electrons. The van der Waals surface area contributed by atoms with Gasteiger partial charge in [-0.15, -0.1) is 11.3 Å². The van der Waals surface area contributed by atoms with E-state index >= 15 is 0 Å². The molecule has 0 fully saturated rings. The predicted molar refractivity (Wildman–Crippen MR) is 122 cm³/mol. The van der Waals surface area contributed by atoms with Gasteiger partial charge in [0.05, 0.1) is 11.1 Å². The molecular formula is C23H27N5O2S. The van der Waals surface area contributed by atoms with Crippen molar-refractivity contribution in [2.75, 3.05) is 5.32 Å². The molecule has 31 heavy (non-hydrogen) atoms. The lowest BCUT2D eigenvalue weighted by Crippen LogP contribution is -2.18. The van der Waals surface area contributed by atoms with Gasteiger partial charge in [-0.1, -0.05) is 12.8 Å². The molecule has 3 aromatic rings. The molecule has 2 aliphatic rings. The topological polar surface area (TPSA) is 103 Å². The molecule has 0 unspecified atom stereocenters. The fraction of sp³-hybridized carbons (Fsp3) is 0.478. The van der Waals surface area contributed by atoms with Crippen LogP contribution in [0.4, 0.5) is 5.00 Å². The molecule has 5 rings (SSSR count). The number of nitrogens with zero attached hydrogens (tertiary/aromatic N) is 3. The Hall–Kier alpha value is -2.74. The number of hydrogen-bond donors (Lipinski definition) is 2. The Morgan fingerprint density at radius 3 is 2.68 bits per heavy atom. The number of primary amides is 1. The van der Waals surface area contributed by atoms with Crippen molar-refractivity contribution in [2.45, 2.75) is 71.3 Å². The SMILES string of the molecule is Cc1cc(C(=O)Nc2sc3c(c2C(N)=O)CCCCC3)c2nc3n(c2n1)CCCCC3. The van der Waals surface area contributed by atoms with Crippen molar-refractivity contribution in [1.82, 2.24) is 14.5 Å². The minimum absolute atomic E-state index is 0.261. The third-order valence-corrected chi connectivity index (χ3v) is 7.54. The molecule has 8 heteroatoms. The highest BCUT2D eigenvalue weighted by atomic mass is 32.1. The van der Waals surface area contributed by atoms with Gasteiger partial charge in [0.1, 0.15) is 16.3 Å². The number of hydrogen-bond acceptors (Lipinski definition) is 5. The fourth-order valence-electron chi connectivity index (χ4n) is 4.85. The number of carbonyl (C=O) groups is 2. The summed E-state index contributed by atoms with van der Waals surface area (Å²) in [5.74, 6) is 0.266. The van der Waals surface area contributed by atoms with E-state index in [2.05, 4.69) is 9.88 Å². The average Bonchev–Trinajstić information content (AvgIpc) is 3.02. The number of amides is 2. The number of carbonyl (C=O) groups excluding carboxylic acids is 2. The summed E-state index contributed by atoms with van der Waals surface area (Å²) in [6.45, 7) is 2.78. The van der Waals surface area contributed by atoms with E-state index in [-0.39, 0.29) is 5.91 Å². The summed E-state index contributed by atoms with van der Waals surface area (Å²) in [4.78, 5) is 36.3. The summed E-state index contributed by atoms with van der Waals surface area (Å²) >= 11 is 1.49. The number of aromatic nitrogens is 3. The van der Waals surface area contributed by atoms with Crippen LogP contribution in [0, 0.1) is 6.92 Å². The maximum atomic E-state index is 13.4. The smallest absolute Gasteiger partial charge is 0.258 e. The van der Waals surface area contributed by atoms with Crippen molar-refractivity contribution in [1.29, 1.82) is 0 Å². The molecule has 7 nitrogen and oxygen atoms in total. The lowest BCUT2D eigenvalue weighted by atomic mass is 10.1. The first-order valence-corrected chi connectivity index (χ1v) is 12.0. The van der Waals surface area contributed by atoms with Crippen LogP contribution < -0.4 is 11.1 Å². The Labute approximate surface area is 185 Å². The van der Waals surface area contributed by atoms with Crippen LogP contribution >= 0.6 is 11.3 Å².